The van der Waals surface area contributed by atoms with Gasteiger partial charge in [-0.2, -0.15) is 13.2 Å². The Bertz CT molecular complexity index is 822. The summed E-state index contributed by atoms with van der Waals surface area (Å²) in [5.41, 5.74) is -0.271. The first-order valence-electron chi connectivity index (χ1n) is 9.92. The van der Waals surface area contributed by atoms with Crippen LogP contribution >= 0.6 is 0 Å². The predicted octanol–water partition coefficient (Wildman–Crippen LogP) is 2.70. The molecule has 2 fully saturated rings. The summed E-state index contributed by atoms with van der Waals surface area (Å²) in [5.74, 6) is -1.84. The fourth-order valence-electron chi connectivity index (χ4n) is 3.74. The second-order valence-electron chi connectivity index (χ2n) is 7.54. The number of hydrogen-bond acceptors (Lipinski definition) is 6. The Morgan fingerprint density at radius 2 is 2.16 bits per heavy atom. The number of aromatic nitrogens is 1. The monoisotopic (exact) mass is 468 g/mol. The normalized spacial score (nSPS) is 24.5. The predicted molar refractivity (Wildman–Crippen MR) is 105 cm³/mol. The lowest BCUT2D eigenvalue weighted by atomic mass is 9.73. The molecule has 2 saturated heterocycles. The van der Waals surface area contributed by atoms with E-state index in [2.05, 4.69) is 4.98 Å². The molecule has 0 bridgehead atoms. The van der Waals surface area contributed by atoms with E-state index in [4.69, 9.17) is 19.4 Å². The zero-order chi connectivity index (χ0) is 23.1. The Balaban J connectivity index is 0.000000423. The van der Waals surface area contributed by atoms with Crippen LogP contribution in [0.3, 0.4) is 0 Å². The van der Waals surface area contributed by atoms with Gasteiger partial charge >= 0.3 is 12.1 Å². The van der Waals surface area contributed by atoms with Gasteiger partial charge in [0.05, 0.1) is 24.7 Å². The maximum Gasteiger partial charge on any atom is 0.490 e. The molecular weight excluding hydrogens is 441 g/mol. The molecular formula is C19H27F3N2O6S. The van der Waals surface area contributed by atoms with Crippen LogP contribution in [0.2, 0.25) is 0 Å². The number of piperidine rings is 1. The molecule has 0 spiro atoms. The van der Waals surface area contributed by atoms with E-state index in [1.165, 1.54) is 0 Å². The van der Waals surface area contributed by atoms with E-state index in [1.807, 2.05) is 19.1 Å². The third-order valence-corrected chi connectivity index (χ3v) is 7.23. The average molecular weight is 468 g/mol. The van der Waals surface area contributed by atoms with Gasteiger partial charge in [0.25, 0.3) is 0 Å². The largest absolute Gasteiger partial charge is 0.491 e. The number of nitrogens with zero attached hydrogens (tertiary/aromatic N) is 2. The van der Waals surface area contributed by atoms with Crippen LogP contribution < -0.4 is 4.74 Å². The first kappa shape index (κ1) is 25.3. The fraction of sp³-hybridized carbons (Fsp3) is 0.684. The zero-order valence-electron chi connectivity index (χ0n) is 17.2. The highest BCUT2D eigenvalue weighted by molar-refractivity contribution is 7.89. The lowest BCUT2D eigenvalue weighted by Gasteiger charge is -2.49. The number of pyridine rings is 1. The van der Waals surface area contributed by atoms with Crippen molar-refractivity contribution in [1.29, 1.82) is 0 Å². The maximum atomic E-state index is 12.5. The number of hydrogen-bond donors (Lipinski definition) is 1. The van der Waals surface area contributed by atoms with Crippen molar-refractivity contribution in [3.8, 4) is 5.75 Å². The van der Waals surface area contributed by atoms with Crippen LogP contribution in [0, 0.1) is 5.41 Å². The molecule has 0 amide bonds. The SMILES string of the molecule is CCCS(=O)(=O)N1CCC2OCCCC2(COc2cccnc2)C1.O=C(O)C(F)(F)F. The summed E-state index contributed by atoms with van der Waals surface area (Å²) >= 11 is 0. The van der Waals surface area contributed by atoms with Crippen molar-refractivity contribution >= 4 is 16.0 Å². The third-order valence-electron chi connectivity index (χ3n) is 5.21. The Hall–Kier alpha value is -1.92. The highest BCUT2D eigenvalue weighted by Crippen LogP contribution is 2.41. The Morgan fingerprint density at radius 1 is 1.45 bits per heavy atom. The van der Waals surface area contributed by atoms with Crippen LogP contribution in [0.15, 0.2) is 24.5 Å². The van der Waals surface area contributed by atoms with Crippen molar-refractivity contribution in [1.82, 2.24) is 9.29 Å². The van der Waals surface area contributed by atoms with E-state index in [0.29, 0.717) is 31.9 Å². The van der Waals surface area contributed by atoms with E-state index in [9.17, 15) is 21.6 Å². The minimum absolute atomic E-state index is 0.0657. The number of aliphatic carboxylic acids is 1. The molecule has 2 aliphatic heterocycles. The van der Waals surface area contributed by atoms with Gasteiger partial charge in [0.1, 0.15) is 5.75 Å². The molecule has 0 aliphatic carbocycles. The minimum Gasteiger partial charge on any atom is -0.491 e. The number of rotatable bonds is 6. The molecule has 0 radical (unpaired) electrons. The molecule has 2 atom stereocenters. The topological polar surface area (TPSA) is 106 Å². The number of fused-ring (bicyclic) bond motifs is 1. The van der Waals surface area contributed by atoms with Crippen molar-refractivity contribution < 1.29 is 41.0 Å². The molecule has 2 aliphatic rings. The van der Waals surface area contributed by atoms with Gasteiger partial charge in [-0.1, -0.05) is 6.92 Å². The van der Waals surface area contributed by atoms with Gasteiger partial charge in [-0.25, -0.2) is 17.5 Å². The summed E-state index contributed by atoms with van der Waals surface area (Å²) in [6, 6.07) is 3.71. The molecule has 0 aromatic carbocycles. The summed E-state index contributed by atoms with van der Waals surface area (Å²) in [4.78, 5) is 13.0. The van der Waals surface area contributed by atoms with Crippen LogP contribution in [0.1, 0.15) is 32.6 Å². The number of carbonyl (C=O) groups is 1. The van der Waals surface area contributed by atoms with Crippen molar-refractivity contribution in [3.05, 3.63) is 24.5 Å². The number of carboxylic acids is 1. The van der Waals surface area contributed by atoms with Crippen LogP contribution in [0.5, 0.6) is 5.75 Å². The fourth-order valence-corrected chi connectivity index (χ4v) is 5.36. The van der Waals surface area contributed by atoms with Crippen LogP contribution in [-0.4, -0.2) is 73.1 Å². The second kappa shape index (κ2) is 10.6. The summed E-state index contributed by atoms with van der Waals surface area (Å²) in [6.45, 7) is 4.14. The van der Waals surface area contributed by atoms with Gasteiger partial charge < -0.3 is 14.6 Å². The first-order chi connectivity index (χ1) is 14.5. The molecule has 0 saturated carbocycles. The van der Waals surface area contributed by atoms with E-state index in [-0.39, 0.29) is 17.3 Å². The van der Waals surface area contributed by atoms with Gasteiger partial charge in [-0.15, -0.1) is 0 Å². The molecule has 31 heavy (non-hydrogen) atoms. The summed E-state index contributed by atoms with van der Waals surface area (Å²) in [6.07, 6.45) is 1.61. The summed E-state index contributed by atoms with van der Waals surface area (Å²) in [7, 11) is -3.20. The lowest BCUT2D eigenvalue weighted by molar-refractivity contribution is -0.192. The lowest BCUT2D eigenvalue weighted by Crippen LogP contribution is -2.58. The number of halogens is 3. The number of sulfonamides is 1. The number of ether oxygens (including phenoxy) is 2. The van der Waals surface area contributed by atoms with Crippen LogP contribution in [0.4, 0.5) is 13.2 Å². The maximum absolute atomic E-state index is 12.5. The highest BCUT2D eigenvalue weighted by atomic mass is 32.2. The summed E-state index contributed by atoms with van der Waals surface area (Å²) < 4.78 is 70.3. The molecule has 3 rings (SSSR count). The van der Waals surface area contributed by atoms with E-state index in [0.717, 1.165) is 25.9 Å². The number of alkyl halides is 3. The van der Waals surface area contributed by atoms with Gasteiger partial charge in [0.2, 0.25) is 10.0 Å². The van der Waals surface area contributed by atoms with Crippen LogP contribution in [-0.2, 0) is 19.6 Å². The van der Waals surface area contributed by atoms with Gasteiger partial charge in [0, 0.05) is 31.3 Å². The summed E-state index contributed by atoms with van der Waals surface area (Å²) in [5, 5.41) is 7.12. The third kappa shape index (κ3) is 7.04. The van der Waals surface area contributed by atoms with E-state index < -0.39 is 22.2 Å². The van der Waals surface area contributed by atoms with Crippen molar-refractivity contribution in [2.24, 2.45) is 5.41 Å². The molecule has 2 unspecified atom stereocenters. The first-order valence-corrected chi connectivity index (χ1v) is 11.5. The smallest absolute Gasteiger partial charge is 0.490 e. The Labute approximate surface area is 179 Å². The number of carboxylic acid groups (broad SMARTS) is 1. The van der Waals surface area contributed by atoms with Gasteiger partial charge in [-0.3, -0.25) is 4.98 Å². The van der Waals surface area contributed by atoms with E-state index in [1.54, 1.807) is 16.7 Å². The average Bonchev–Trinajstić information content (AvgIpc) is 2.72. The molecule has 1 N–H and O–H groups in total. The molecule has 1 aromatic heterocycles. The van der Waals surface area contributed by atoms with Crippen molar-refractivity contribution in [2.75, 3.05) is 32.1 Å². The highest BCUT2D eigenvalue weighted by Gasteiger charge is 2.48. The molecule has 3 heterocycles. The molecule has 12 heteroatoms. The molecule has 1 aromatic rings. The molecule has 176 valence electrons. The minimum atomic E-state index is -5.08. The Kier molecular flexibility index (Phi) is 8.66. The standard InChI is InChI=1S/C17H26N2O4S.C2HF3O2/c1-2-11-24(20,21)19-9-6-16-17(13-19,7-4-10-22-16)14-23-15-5-3-8-18-12-15;3-2(4,5)1(6)7/h3,5,8,12,16H,2,4,6-7,9-11,13-14H2,1H3;(H,6,7). The zero-order valence-corrected chi connectivity index (χ0v) is 18.0. The molecule has 8 nitrogen and oxygen atoms in total. The van der Waals surface area contributed by atoms with Crippen molar-refractivity contribution in [3.63, 3.8) is 0 Å². The Morgan fingerprint density at radius 3 is 2.74 bits per heavy atom. The second-order valence-corrected chi connectivity index (χ2v) is 9.63. The van der Waals surface area contributed by atoms with Crippen molar-refractivity contribution in [2.45, 2.75) is 44.9 Å². The van der Waals surface area contributed by atoms with Gasteiger partial charge in [0.15, 0.2) is 0 Å². The van der Waals surface area contributed by atoms with E-state index >= 15 is 0 Å². The van der Waals surface area contributed by atoms with Crippen LogP contribution in [0.25, 0.3) is 0 Å². The van der Waals surface area contributed by atoms with Gasteiger partial charge in [-0.05, 0) is 37.8 Å². The quantitative estimate of drug-likeness (QED) is 0.684.